The molecule has 2 N–H and O–H groups in total. The zero-order valence-corrected chi connectivity index (χ0v) is 23.7. The Morgan fingerprint density at radius 1 is 1.05 bits per heavy atom. The summed E-state index contributed by atoms with van der Waals surface area (Å²) < 4.78 is 19.2. The number of halogens is 2. The van der Waals surface area contributed by atoms with Crippen molar-refractivity contribution in [1.82, 2.24) is 5.32 Å². The van der Waals surface area contributed by atoms with Crippen LogP contribution in [0.2, 0.25) is 5.02 Å². The second-order valence-electron chi connectivity index (χ2n) is 10.6. The lowest BCUT2D eigenvalue weighted by Gasteiger charge is -2.27. The lowest BCUT2D eigenvalue weighted by atomic mass is 9.77. The third-order valence-corrected chi connectivity index (χ3v) is 8.32. The van der Waals surface area contributed by atoms with Crippen LogP contribution in [0.15, 0.2) is 72.3 Å². The first-order valence-corrected chi connectivity index (χ1v) is 13.8. The molecular weight excluding hydrogens is 545 g/mol. The number of ether oxygens (including phenoxy) is 1. The molecule has 1 heterocycles. The van der Waals surface area contributed by atoms with Crippen molar-refractivity contribution >= 4 is 40.7 Å². The molecular formula is C32H31ClFN3O4. The highest BCUT2D eigenvalue weighted by Crippen LogP contribution is 2.49. The average molecular weight is 576 g/mol. The Bertz CT molecular complexity index is 1560. The van der Waals surface area contributed by atoms with Crippen LogP contribution in [-0.4, -0.2) is 38.4 Å². The van der Waals surface area contributed by atoms with E-state index in [4.69, 9.17) is 16.3 Å². The molecule has 9 heteroatoms. The number of fused-ring (bicyclic) bond motifs is 1. The Hall–Kier alpha value is -4.17. The van der Waals surface area contributed by atoms with Crippen molar-refractivity contribution in [2.24, 2.45) is 5.41 Å². The molecule has 3 aromatic rings. The lowest BCUT2D eigenvalue weighted by molar-refractivity contribution is -0.116. The maximum atomic E-state index is 13.9. The van der Waals surface area contributed by atoms with Crippen molar-refractivity contribution < 1.29 is 23.5 Å². The molecule has 5 rings (SSSR count). The predicted octanol–water partition coefficient (Wildman–Crippen LogP) is 6.18. The molecule has 2 aliphatic rings. The monoisotopic (exact) mass is 575 g/mol. The number of hydrogen-bond donors (Lipinski definition) is 2. The minimum Gasteiger partial charge on any atom is -0.495 e. The SMILES string of the molecule is CNC(=O)C=C1CC[C@@]2(CCN(C(=O)c3ccc(NC(=O)c4cc(F)ccc4Cl)c(OC)c3)c3ccccc3C2)C1. The number of likely N-dealkylation sites (N-methyl/N-ethyl adjacent to an activating group) is 1. The van der Waals surface area contributed by atoms with Gasteiger partial charge in [0.05, 0.1) is 23.4 Å². The fraction of sp³-hybridized carbons (Fsp3) is 0.281. The van der Waals surface area contributed by atoms with Crippen molar-refractivity contribution in [2.75, 3.05) is 30.9 Å². The smallest absolute Gasteiger partial charge is 0.258 e. The number of anilines is 2. The first-order valence-electron chi connectivity index (χ1n) is 13.5. The maximum Gasteiger partial charge on any atom is 0.258 e. The number of para-hydroxylation sites is 1. The standard InChI is InChI=1S/C32H31ClFN3O4/c1-35-29(38)15-20-11-12-32(18-20)13-14-37(27-6-4-3-5-22(27)19-32)31(40)21-7-10-26(28(16-21)41-2)36-30(39)24-17-23(34)8-9-25(24)33/h3-10,15-17H,11-14,18-19H2,1-2H3,(H,35,38)(H,36,39)/t32-/m1/s1. The molecule has 212 valence electrons. The number of amides is 3. The van der Waals surface area contributed by atoms with Crippen molar-refractivity contribution in [3.05, 3.63) is 99.8 Å². The summed E-state index contributed by atoms with van der Waals surface area (Å²) in [6.45, 7) is 0.530. The fourth-order valence-corrected chi connectivity index (χ4v) is 6.07. The van der Waals surface area contributed by atoms with E-state index in [2.05, 4.69) is 16.7 Å². The second kappa shape index (κ2) is 11.7. The number of hydrogen-bond acceptors (Lipinski definition) is 4. The number of methoxy groups -OCH3 is 1. The van der Waals surface area contributed by atoms with Gasteiger partial charge in [0, 0.05) is 30.9 Å². The van der Waals surface area contributed by atoms with E-state index in [0.717, 1.165) is 55.0 Å². The highest BCUT2D eigenvalue weighted by Gasteiger charge is 2.40. The molecule has 3 amide bonds. The van der Waals surface area contributed by atoms with Crippen LogP contribution in [0.1, 0.15) is 52.0 Å². The van der Waals surface area contributed by atoms with Gasteiger partial charge >= 0.3 is 0 Å². The molecule has 1 spiro atoms. The fourth-order valence-electron chi connectivity index (χ4n) is 5.87. The van der Waals surface area contributed by atoms with Crippen LogP contribution in [0.25, 0.3) is 0 Å². The zero-order chi connectivity index (χ0) is 29.1. The van der Waals surface area contributed by atoms with Crippen molar-refractivity contribution in [1.29, 1.82) is 0 Å². The molecule has 0 saturated heterocycles. The van der Waals surface area contributed by atoms with Crippen LogP contribution in [0.5, 0.6) is 5.75 Å². The highest BCUT2D eigenvalue weighted by molar-refractivity contribution is 6.34. The van der Waals surface area contributed by atoms with E-state index >= 15 is 0 Å². The van der Waals surface area contributed by atoms with E-state index in [9.17, 15) is 18.8 Å². The third-order valence-electron chi connectivity index (χ3n) is 7.99. The molecule has 0 aromatic heterocycles. The van der Waals surface area contributed by atoms with Gasteiger partial charge in [-0.15, -0.1) is 0 Å². The van der Waals surface area contributed by atoms with Gasteiger partial charge < -0.3 is 20.3 Å². The number of allylic oxidation sites excluding steroid dienone is 1. The first-order chi connectivity index (χ1) is 19.7. The van der Waals surface area contributed by atoms with E-state index in [-0.39, 0.29) is 33.6 Å². The summed E-state index contributed by atoms with van der Waals surface area (Å²) in [6, 6.07) is 16.3. The van der Waals surface area contributed by atoms with Gasteiger partial charge in [0.1, 0.15) is 11.6 Å². The van der Waals surface area contributed by atoms with Gasteiger partial charge in [0.2, 0.25) is 5.91 Å². The summed E-state index contributed by atoms with van der Waals surface area (Å²) >= 11 is 6.09. The Labute approximate surface area is 243 Å². The normalized spacial score (nSPS) is 19.0. The summed E-state index contributed by atoms with van der Waals surface area (Å²) in [5, 5.41) is 5.48. The van der Waals surface area contributed by atoms with Crippen molar-refractivity contribution in [3.63, 3.8) is 0 Å². The van der Waals surface area contributed by atoms with E-state index in [1.54, 1.807) is 31.3 Å². The minimum absolute atomic E-state index is 0.00999. The number of rotatable bonds is 5. The molecule has 1 saturated carbocycles. The molecule has 7 nitrogen and oxygen atoms in total. The third kappa shape index (κ3) is 5.98. The molecule has 41 heavy (non-hydrogen) atoms. The van der Waals surface area contributed by atoms with Crippen LogP contribution >= 0.6 is 11.6 Å². The second-order valence-corrected chi connectivity index (χ2v) is 11.0. The van der Waals surface area contributed by atoms with Crippen LogP contribution in [0, 0.1) is 11.2 Å². The minimum atomic E-state index is -0.597. The highest BCUT2D eigenvalue weighted by atomic mass is 35.5. The van der Waals surface area contributed by atoms with Gasteiger partial charge in [-0.1, -0.05) is 35.4 Å². The number of carbonyl (C=O) groups excluding carboxylic acids is 3. The largest absolute Gasteiger partial charge is 0.495 e. The maximum absolute atomic E-state index is 13.9. The van der Waals surface area contributed by atoms with E-state index in [1.807, 2.05) is 23.1 Å². The molecule has 0 radical (unpaired) electrons. The topological polar surface area (TPSA) is 87.7 Å². The van der Waals surface area contributed by atoms with Crippen molar-refractivity contribution in [2.45, 2.75) is 32.1 Å². The lowest BCUT2D eigenvalue weighted by Crippen LogP contribution is -2.33. The molecule has 0 unspecified atom stereocenters. The van der Waals surface area contributed by atoms with Crippen LogP contribution < -0.4 is 20.3 Å². The van der Waals surface area contributed by atoms with Crippen LogP contribution in [0.4, 0.5) is 15.8 Å². The summed E-state index contributed by atoms with van der Waals surface area (Å²) in [6.07, 6.45) is 6.00. The van der Waals surface area contributed by atoms with E-state index < -0.39 is 11.7 Å². The summed E-state index contributed by atoms with van der Waals surface area (Å²) in [4.78, 5) is 40.5. The Kier molecular flexibility index (Phi) is 8.13. The average Bonchev–Trinajstić information content (AvgIpc) is 3.28. The Morgan fingerprint density at radius 3 is 2.63 bits per heavy atom. The number of nitrogens with zero attached hydrogens (tertiary/aromatic N) is 1. The van der Waals surface area contributed by atoms with Gasteiger partial charge in [-0.3, -0.25) is 14.4 Å². The van der Waals surface area contributed by atoms with Gasteiger partial charge in [0.15, 0.2) is 0 Å². The number of carbonyl (C=O) groups is 3. The predicted molar refractivity (Wildman–Crippen MR) is 157 cm³/mol. The van der Waals surface area contributed by atoms with Gasteiger partial charge in [0.25, 0.3) is 11.8 Å². The molecule has 0 bridgehead atoms. The summed E-state index contributed by atoms with van der Waals surface area (Å²) in [5.74, 6) is -1.16. The zero-order valence-electron chi connectivity index (χ0n) is 22.9. The Morgan fingerprint density at radius 2 is 1.85 bits per heavy atom. The summed E-state index contributed by atoms with van der Waals surface area (Å²) in [5.41, 5.74) is 3.81. The van der Waals surface area contributed by atoms with E-state index in [1.165, 1.54) is 19.2 Å². The number of benzene rings is 3. The van der Waals surface area contributed by atoms with Gasteiger partial charge in [-0.05, 0) is 85.5 Å². The quantitative estimate of drug-likeness (QED) is 0.356. The first kappa shape index (κ1) is 28.4. The molecule has 1 aliphatic carbocycles. The molecule has 3 aromatic carbocycles. The van der Waals surface area contributed by atoms with Crippen LogP contribution in [0.3, 0.4) is 0 Å². The Balaban J connectivity index is 1.39. The van der Waals surface area contributed by atoms with Crippen LogP contribution in [-0.2, 0) is 11.2 Å². The number of nitrogens with one attached hydrogen (secondary N) is 2. The van der Waals surface area contributed by atoms with Crippen molar-refractivity contribution in [3.8, 4) is 5.75 Å². The molecule has 1 atom stereocenters. The summed E-state index contributed by atoms with van der Waals surface area (Å²) in [7, 11) is 3.08. The molecule has 1 fully saturated rings. The van der Waals surface area contributed by atoms with Gasteiger partial charge in [-0.2, -0.15) is 0 Å². The molecule has 1 aliphatic heterocycles. The van der Waals surface area contributed by atoms with E-state index in [0.29, 0.717) is 17.8 Å². The van der Waals surface area contributed by atoms with Gasteiger partial charge in [-0.25, -0.2) is 4.39 Å².